The summed E-state index contributed by atoms with van der Waals surface area (Å²) in [6, 6.07) is 0. The number of hydrogen-bond acceptors (Lipinski definition) is 3. The van der Waals surface area contributed by atoms with Crippen molar-refractivity contribution in [2.75, 3.05) is 13.1 Å². The normalized spacial score (nSPS) is 33.4. The molecule has 3 heteroatoms. The molecule has 3 nitrogen and oxygen atoms in total. The Bertz CT molecular complexity index is 212. The lowest BCUT2D eigenvalue weighted by Crippen LogP contribution is -2.45. The van der Waals surface area contributed by atoms with Crippen LogP contribution >= 0.6 is 0 Å². The summed E-state index contributed by atoms with van der Waals surface area (Å²) in [4.78, 5) is 0. The molecule has 1 aliphatic rings. The van der Waals surface area contributed by atoms with E-state index in [1.165, 1.54) is 0 Å². The molecule has 0 saturated carbocycles. The summed E-state index contributed by atoms with van der Waals surface area (Å²) in [6.45, 7) is 12.7. The molecule has 0 radical (unpaired) electrons. The van der Waals surface area contributed by atoms with Gasteiger partial charge in [0.15, 0.2) is 0 Å². The quantitative estimate of drug-likeness (QED) is 0.778. The van der Waals surface area contributed by atoms with Crippen LogP contribution in [0.15, 0.2) is 0 Å². The van der Waals surface area contributed by atoms with Gasteiger partial charge >= 0.3 is 0 Å². The van der Waals surface area contributed by atoms with Gasteiger partial charge in [-0.1, -0.05) is 13.8 Å². The molecule has 3 unspecified atom stereocenters. The fourth-order valence-electron chi connectivity index (χ4n) is 2.48. The number of hydrogen-bond donors (Lipinski definition) is 1. The number of likely N-dealkylation sites (N-methyl/N-ethyl adjacent to an activating group) is 1. The minimum absolute atomic E-state index is 0.0442. The van der Waals surface area contributed by atoms with E-state index >= 15 is 0 Å². The van der Waals surface area contributed by atoms with Crippen LogP contribution in [0.2, 0.25) is 0 Å². The summed E-state index contributed by atoms with van der Waals surface area (Å²) in [5, 5.41) is 3.40. The molecule has 1 rings (SSSR count). The van der Waals surface area contributed by atoms with Crippen LogP contribution in [0.25, 0.3) is 0 Å². The zero-order chi connectivity index (χ0) is 12.9. The van der Waals surface area contributed by atoms with Crippen LogP contribution in [-0.2, 0) is 9.47 Å². The van der Waals surface area contributed by atoms with E-state index in [2.05, 4.69) is 39.9 Å². The van der Waals surface area contributed by atoms with Gasteiger partial charge in [-0.3, -0.25) is 0 Å². The van der Waals surface area contributed by atoms with E-state index in [9.17, 15) is 0 Å². The van der Waals surface area contributed by atoms with Gasteiger partial charge in [0.1, 0.15) is 0 Å². The molecular weight excluding hydrogens is 214 g/mol. The average molecular weight is 243 g/mol. The van der Waals surface area contributed by atoms with Crippen molar-refractivity contribution in [3.63, 3.8) is 0 Å². The molecule has 0 spiro atoms. The van der Waals surface area contributed by atoms with Crippen molar-refractivity contribution in [2.24, 2.45) is 0 Å². The zero-order valence-corrected chi connectivity index (χ0v) is 12.1. The van der Waals surface area contributed by atoms with Gasteiger partial charge in [-0.2, -0.15) is 0 Å². The second-order valence-corrected chi connectivity index (χ2v) is 5.55. The fraction of sp³-hybridized carbons (Fsp3) is 1.00. The SMILES string of the molecule is CCNCC(C)(CC)OC1CC(C)OC(C)C1. The molecule has 0 bridgehead atoms. The van der Waals surface area contributed by atoms with Gasteiger partial charge in [0, 0.05) is 6.54 Å². The van der Waals surface area contributed by atoms with Crippen molar-refractivity contribution >= 4 is 0 Å². The molecule has 3 atom stereocenters. The molecule has 102 valence electrons. The summed E-state index contributed by atoms with van der Waals surface area (Å²) >= 11 is 0. The minimum atomic E-state index is -0.0442. The van der Waals surface area contributed by atoms with Gasteiger partial charge in [0.2, 0.25) is 0 Å². The molecule has 1 heterocycles. The second-order valence-electron chi connectivity index (χ2n) is 5.55. The van der Waals surface area contributed by atoms with Crippen LogP contribution in [0.4, 0.5) is 0 Å². The lowest BCUT2D eigenvalue weighted by Gasteiger charge is -2.38. The van der Waals surface area contributed by atoms with Crippen LogP contribution < -0.4 is 5.32 Å². The highest BCUT2D eigenvalue weighted by molar-refractivity contribution is 4.82. The Morgan fingerprint density at radius 3 is 2.29 bits per heavy atom. The van der Waals surface area contributed by atoms with Gasteiger partial charge in [-0.05, 0) is 46.6 Å². The Hall–Kier alpha value is -0.120. The predicted octanol–water partition coefficient (Wildman–Crippen LogP) is 2.74. The third-order valence-corrected chi connectivity index (χ3v) is 3.60. The molecular formula is C14H29NO2. The van der Waals surface area contributed by atoms with E-state index in [0.29, 0.717) is 18.3 Å². The maximum absolute atomic E-state index is 6.33. The molecule has 0 aromatic rings. The first kappa shape index (κ1) is 14.9. The highest BCUT2D eigenvalue weighted by Crippen LogP contribution is 2.27. The first-order valence-electron chi connectivity index (χ1n) is 7.03. The highest BCUT2D eigenvalue weighted by atomic mass is 16.5. The topological polar surface area (TPSA) is 30.5 Å². The van der Waals surface area contributed by atoms with Gasteiger partial charge in [0.05, 0.1) is 23.9 Å². The van der Waals surface area contributed by atoms with Crippen LogP contribution in [0.1, 0.15) is 53.9 Å². The van der Waals surface area contributed by atoms with E-state index in [1.54, 1.807) is 0 Å². The van der Waals surface area contributed by atoms with E-state index in [1.807, 2.05) is 0 Å². The van der Waals surface area contributed by atoms with E-state index in [4.69, 9.17) is 9.47 Å². The molecule has 0 amide bonds. The maximum Gasteiger partial charge on any atom is 0.0779 e. The highest BCUT2D eigenvalue weighted by Gasteiger charge is 2.31. The van der Waals surface area contributed by atoms with Crippen LogP contribution in [0.3, 0.4) is 0 Å². The molecule has 1 fully saturated rings. The molecule has 0 aromatic carbocycles. The van der Waals surface area contributed by atoms with Crippen LogP contribution in [0.5, 0.6) is 0 Å². The fourth-order valence-corrected chi connectivity index (χ4v) is 2.48. The Balaban J connectivity index is 2.48. The Kier molecular flexibility index (Phi) is 5.90. The molecule has 1 N–H and O–H groups in total. The molecule has 1 aliphatic heterocycles. The van der Waals surface area contributed by atoms with Crippen molar-refractivity contribution in [1.82, 2.24) is 5.32 Å². The lowest BCUT2D eigenvalue weighted by molar-refractivity contribution is -0.152. The average Bonchev–Trinajstić information content (AvgIpc) is 2.25. The van der Waals surface area contributed by atoms with Gasteiger partial charge in [-0.15, -0.1) is 0 Å². The summed E-state index contributed by atoms with van der Waals surface area (Å²) < 4.78 is 12.1. The maximum atomic E-state index is 6.33. The number of nitrogens with one attached hydrogen (secondary N) is 1. The largest absolute Gasteiger partial charge is 0.375 e. The summed E-state index contributed by atoms with van der Waals surface area (Å²) in [6.07, 6.45) is 4.07. The van der Waals surface area contributed by atoms with Crippen molar-refractivity contribution in [1.29, 1.82) is 0 Å². The van der Waals surface area contributed by atoms with Gasteiger partial charge in [-0.25, -0.2) is 0 Å². The summed E-state index contributed by atoms with van der Waals surface area (Å²) in [5.74, 6) is 0. The van der Waals surface area contributed by atoms with Gasteiger partial charge < -0.3 is 14.8 Å². The number of rotatable bonds is 6. The third kappa shape index (κ3) is 4.94. The smallest absolute Gasteiger partial charge is 0.0779 e. The van der Waals surface area contributed by atoms with E-state index in [0.717, 1.165) is 32.4 Å². The first-order valence-corrected chi connectivity index (χ1v) is 7.03. The summed E-state index contributed by atoms with van der Waals surface area (Å²) in [7, 11) is 0. The Morgan fingerprint density at radius 1 is 1.24 bits per heavy atom. The second kappa shape index (κ2) is 6.72. The number of ether oxygens (including phenoxy) is 2. The van der Waals surface area contributed by atoms with Crippen molar-refractivity contribution < 1.29 is 9.47 Å². The van der Waals surface area contributed by atoms with E-state index < -0.39 is 0 Å². The predicted molar refractivity (Wildman–Crippen MR) is 71.4 cm³/mol. The van der Waals surface area contributed by atoms with Crippen molar-refractivity contribution in [2.45, 2.75) is 77.8 Å². The van der Waals surface area contributed by atoms with Crippen molar-refractivity contribution in [3.05, 3.63) is 0 Å². The summed E-state index contributed by atoms with van der Waals surface area (Å²) in [5.41, 5.74) is -0.0442. The van der Waals surface area contributed by atoms with E-state index in [-0.39, 0.29) is 5.60 Å². The lowest BCUT2D eigenvalue weighted by atomic mass is 9.98. The molecule has 0 aromatic heterocycles. The monoisotopic (exact) mass is 243 g/mol. The molecule has 17 heavy (non-hydrogen) atoms. The van der Waals surface area contributed by atoms with Crippen LogP contribution in [0, 0.1) is 0 Å². The molecule has 0 aliphatic carbocycles. The molecule has 1 saturated heterocycles. The zero-order valence-electron chi connectivity index (χ0n) is 12.1. The minimum Gasteiger partial charge on any atom is -0.375 e. The Morgan fingerprint density at radius 2 is 1.82 bits per heavy atom. The Labute approximate surface area is 106 Å². The van der Waals surface area contributed by atoms with Gasteiger partial charge in [0.25, 0.3) is 0 Å². The first-order chi connectivity index (χ1) is 7.99. The third-order valence-electron chi connectivity index (χ3n) is 3.60. The standard InChI is InChI=1S/C14H29NO2/c1-6-14(5,10-15-7-2)17-13-8-11(3)16-12(4)9-13/h11-13,15H,6-10H2,1-5H3. The van der Waals surface area contributed by atoms with Crippen LogP contribution in [-0.4, -0.2) is 37.0 Å². The van der Waals surface area contributed by atoms with Crippen molar-refractivity contribution in [3.8, 4) is 0 Å².